The lowest BCUT2D eigenvalue weighted by atomic mass is 10.1. The molecule has 1 heterocycles. The van der Waals surface area contributed by atoms with Crippen molar-refractivity contribution < 1.29 is 23.8 Å². The van der Waals surface area contributed by atoms with Gasteiger partial charge in [-0.2, -0.15) is 0 Å². The Hall–Kier alpha value is -3.22. The fourth-order valence-corrected chi connectivity index (χ4v) is 3.59. The molecule has 2 aromatic rings. The summed E-state index contributed by atoms with van der Waals surface area (Å²) >= 11 is 0. The monoisotopic (exact) mass is 426 g/mol. The van der Waals surface area contributed by atoms with E-state index in [0.717, 1.165) is 23.4 Å². The second kappa shape index (κ2) is 10.7. The Morgan fingerprint density at radius 3 is 2.52 bits per heavy atom. The first kappa shape index (κ1) is 22.5. The lowest BCUT2D eigenvalue weighted by Gasteiger charge is -2.17. The Labute approximate surface area is 183 Å². The number of benzene rings is 2. The normalized spacial score (nSPS) is 15.6. The molecule has 1 atom stereocenters. The summed E-state index contributed by atoms with van der Waals surface area (Å²) in [7, 11) is 3.19. The molecule has 3 rings (SSSR count). The van der Waals surface area contributed by atoms with Crippen LogP contribution in [0.2, 0.25) is 0 Å². The van der Waals surface area contributed by atoms with Crippen molar-refractivity contribution in [3.05, 3.63) is 48.0 Å². The van der Waals surface area contributed by atoms with Crippen molar-refractivity contribution in [2.45, 2.75) is 26.2 Å². The Kier molecular flexibility index (Phi) is 7.76. The van der Waals surface area contributed by atoms with Crippen molar-refractivity contribution in [1.29, 1.82) is 0 Å². The second-order valence-electron chi connectivity index (χ2n) is 7.48. The highest BCUT2D eigenvalue weighted by Gasteiger charge is 2.34. The molecule has 1 aliphatic heterocycles. The Bertz CT molecular complexity index is 897. The van der Waals surface area contributed by atoms with Gasteiger partial charge in [-0.15, -0.1) is 0 Å². The van der Waals surface area contributed by atoms with Crippen molar-refractivity contribution in [3.63, 3.8) is 0 Å². The van der Waals surface area contributed by atoms with E-state index in [4.69, 9.17) is 14.2 Å². The van der Waals surface area contributed by atoms with Gasteiger partial charge in [0.2, 0.25) is 11.8 Å². The number of nitrogens with one attached hydrogen (secondary N) is 1. The van der Waals surface area contributed by atoms with Gasteiger partial charge in [0.1, 0.15) is 5.75 Å². The molecule has 1 saturated heterocycles. The maximum atomic E-state index is 12.6. The molecule has 0 aliphatic carbocycles. The predicted octanol–water partition coefficient (Wildman–Crippen LogP) is 3.20. The van der Waals surface area contributed by atoms with Crippen LogP contribution in [0.25, 0.3) is 0 Å². The largest absolute Gasteiger partial charge is 0.494 e. The van der Waals surface area contributed by atoms with Gasteiger partial charge in [-0.1, -0.05) is 13.0 Å². The number of nitrogens with zero attached hydrogens (tertiary/aromatic N) is 1. The lowest BCUT2D eigenvalue weighted by molar-refractivity contribution is -0.126. The first-order valence-corrected chi connectivity index (χ1v) is 10.6. The minimum Gasteiger partial charge on any atom is -0.494 e. The molecule has 7 heteroatoms. The van der Waals surface area contributed by atoms with Crippen LogP contribution in [0, 0.1) is 5.92 Å². The third-order valence-electron chi connectivity index (χ3n) is 5.28. The van der Waals surface area contributed by atoms with Gasteiger partial charge in [0.05, 0.1) is 26.7 Å². The smallest absolute Gasteiger partial charge is 0.227 e. The van der Waals surface area contributed by atoms with Crippen molar-refractivity contribution in [2.75, 3.05) is 38.8 Å². The maximum absolute atomic E-state index is 12.6. The molecule has 0 unspecified atom stereocenters. The molecule has 2 amide bonds. The summed E-state index contributed by atoms with van der Waals surface area (Å²) in [5.41, 5.74) is 1.82. The SMILES string of the molecule is CCCOc1ccc(N2C[C@@H](C(=O)NCCc3ccc(OC)c(OC)c3)CC2=O)cc1. The van der Waals surface area contributed by atoms with E-state index < -0.39 is 0 Å². The molecular weight excluding hydrogens is 396 g/mol. The van der Waals surface area contributed by atoms with E-state index in [2.05, 4.69) is 12.2 Å². The first-order valence-electron chi connectivity index (χ1n) is 10.6. The lowest BCUT2D eigenvalue weighted by Crippen LogP contribution is -2.34. The quantitative estimate of drug-likeness (QED) is 0.631. The first-order chi connectivity index (χ1) is 15.0. The molecule has 0 radical (unpaired) electrons. The van der Waals surface area contributed by atoms with Crippen LogP contribution in [0.3, 0.4) is 0 Å². The number of ether oxygens (including phenoxy) is 3. The zero-order valence-corrected chi connectivity index (χ0v) is 18.3. The summed E-state index contributed by atoms with van der Waals surface area (Å²) < 4.78 is 16.1. The number of anilines is 1. The molecule has 0 aromatic heterocycles. The van der Waals surface area contributed by atoms with Crippen LogP contribution in [-0.4, -0.2) is 45.7 Å². The van der Waals surface area contributed by atoms with Gasteiger partial charge in [-0.25, -0.2) is 0 Å². The zero-order chi connectivity index (χ0) is 22.2. The Morgan fingerprint density at radius 1 is 1.10 bits per heavy atom. The van der Waals surface area contributed by atoms with Gasteiger partial charge in [0.15, 0.2) is 11.5 Å². The molecule has 7 nitrogen and oxygen atoms in total. The highest BCUT2D eigenvalue weighted by atomic mass is 16.5. The standard InChI is InChI=1S/C24H30N2O5/c1-4-13-31-20-8-6-19(7-9-20)26-16-18(15-23(26)27)24(28)25-12-11-17-5-10-21(29-2)22(14-17)30-3/h5-10,14,18H,4,11-13,15-16H2,1-3H3,(H,25,28)/t18-/m0/s1. The summed E-state index contributed by atoms with van der Waals surface area (Å²) in [6.45, 7) is 3.59. The Morgan fingerprint density at radius 2 is 1.84 bits per heavy atom. The summed E-state index contributed by atoms with van der Waals surface area (Å²) in [6.07, 6.45) is 1.82. The van der Waals surface area contributed by atoms with Gasteiger partial charge in [0, 0.05) is 25.2 Å². The summed E-state index contributed by atoms with van der Waals surface area (Å²) in [4.78, 5) is 26.7. The fourth-order valence-electron chi connectivity index (χ4n) is 3.59. The third-order valence-corrected chi connectivity index (χ3v) is 5.28. The number of rotatable bonds is 10. The second-order valence-corrected chi connectivity index (χ2v) is 7.48. The minimum atomic E-state index is -0.353. The summed E-state index contributed by atoms with van der Waals surface area (Å²) in [5, 5.41) is 2.95. The van der Waals surface area contributed by atoms with Gasteiger partial charge in [-0.05, 0) is 54.8 Å². The van der Waals surface area contributed by atoms with Gasteiger partial charge in [-0.3, -0.25) is 9.59 Å². The molecule has 0 bridgehead atoms. The van der Waals surface area contributed by atoms with Gasteiger partial charge >= 0.3 is 0 Å². The molecule has 0 saturated carbocycles. The van der Waals surface area contributed by atoms with Crippen LogP contribution < -0.4 is 24.4 Å². The molecule has 1 aliphatic rings. The van der Waals surface area contributed by atoms with Crippen molar-refractivity contribution in [1.82, 2.24) is 5.32 Å². The topological polar surface area (TPSA) is 77.1 Å². The highest BCUT2D eigenvalue weighted by Crippen LogP contribution is 2.28. The van der Waals surface area contributed by atoms with E-state index in [0.29, 0.717) is 37.6 Å². The minimum absolute atomic E-state index is 0.0396. The van der Waals surface area contributed by atoms with Gasteiger partial charge < -0.3 is 24.4 Å². The van der Waals surface area contributed by atoms with Crippen LogP contribution >= 0.6 is 0 Å². The molecule has 1 N–H and O–H groups in total. The van der Waals surface area contributed by atoms with E-state index in [-0.39, 0.29) is 24.2 Å². The van der Waals surface area contributed by atoms with E-state index in [1.165, 1.54) is 0 Å². The van der Waals surface area contributed by atoms with Crippen LogP contribution in [0.4, 0.5) is 5.69 Å². The van der Waals surface area contributed by atoms with Crippen LogP contribution in [0.5, 0.6) is 17.2 Å². The molecule has 1 fully saturated rings. The van der Waals surface area contributed by atoms with E-state index >= 15 is 0 Å². The number of amides is 2. The maximum Gasteiger partial charge on any atom is 0.227 e. The number of hydrogen-bond acceptors (Lipinski definition) is 5. The van der Waals surface area contributed by atoms with Crippen molar-refractivity contribution in [3.8, 4) is 17.2 Å². The van der Waals surface area contributed by atoms with Crippen molar-refractivity contribution in [2.24, 2.45) is 5.92 Å². The van der Waals surface area contributed by atoms with Crippen molar-refractivity contribution >= 4 is 17.5 Å². The number of hydrogen-bond donors (Lipinski definition) is 1. The van der Waals surface area contributed by atoms with Crippen LogP contribution in [0.1, 0.15) is 25.3 Å². The van der Waals surface area contributed by atoms with Crippen LogP contribution in [0.15, 0.2) is 42.5 Å². The van der Waals surface area contributed by atoms with Gasteiger partial charge in [0.25, 0.3) is 0 Å². The molecule has 166 valence electrons. The average Bonchev–Trinajstić information content (AvgIpc) is 3.19. The zero-order valence-electron chi connectivity index (χ0n) is 18.3. The Balaban J connectivity index is 1.51. The summed E-state index contributed by atoms with van der Waals surface area (Å²) in [5.74, 6) is 1.62. The highest BCUT2D eigenvalue weighted by molar-refractivity contribution is 6.00. The van der Waals surface area contributed by atoms with Crippen LogP contribution in [-0.2, 0) is 16.0 Å². The predicted molar refractivity (Wildman–Crippen MR) is 119 cm³/mol. The molecular formula is C24H30N2O5. The summed E-state index contributed by atoms with van der Waals surface area (Å²) in [6, 6.07) is 13.1. The van der Waals surface area contributed by atoms with E-state index in [1.807, 2.05) is 42.5 Å². The number of carbonyl (C=O) groups excluding carboxylic acids is 2. The molecule has 0 spiro atoms. The number of methoxy groups -OCH3 is 2. The molecule has 2 aromatic carbocycles. The number of carbonyl (C=O) groups is 2. The third kappa shape index (κ3) is 5.69. The van der Waals surface area contributed by atoms with E-state index in [1.54, 1.807) is 19.1 Å². The van der Waals surface area contributed by atoms with E-state index in [9.17, 15) is 9.59 Å². The average molecular weight is 427 g/mol. The fraction of sp³-hybridized carbons (Fsp3) is 0.417. The molecule has 31 heavy (non-hydrogen) atoms.